The van der Waals surface area contributed by atoms with E-state index in [1.807, 2.05) is 22.8 Å². The van der Waals surface area contributed by atoms with Gasteiger partial charge in [0.1, 0.15) is 0 Å². The van der Waals surface area contributed by atoms with Crippen LogP contribution in [0.1, 0.15) is 12.8 Å². The Morgan fingerprint density at radius 2 is 2.21 bits per heavy atom. The first-order chi connectivity index (χ1) is 9.22. The first-order valence-electron chi connectivity index (χ1n) is 6.66. The van der Waals surface area contributed by atoms with Crippen LogP contribution in [-0.2, 0) is 0 Å². The smallest absolute Gasteiger partial charge is 0.245 e. The Hall–Kier alpha value is -1.14. The molecule has 0 amide bonds. The average Bonchev–Trinajstić information content (AvgIpc) is 2.83. The van der Waals surface area contributed by atoms with Crippen molar-refractivity contribution in [2.75, 3.05) is 31.6 Å². The number of hydrogen-bond donors (Lipinski definition) is 1. The molecule has 0 saturated carbocycles. The normalized spacial score (nSPS) is 16.9. The summed E-state index contributed by atoms with van der Waals surface area (Å²) in [5.41, 5.74) is 0.885. The van der Waals surface area contributed by atoms with E-state index < -0.39 is 0 Å². The fourth-order valence-corrected chi connectivity index (χ4v) is 2.87. The van der Waals surface area contributed by atoms with Crippen LogP contribution in [-0.4, -0.2) is 41.3 Å². The number of fused-ring (bicyclic) bond motifs is 1. The third-order valence-corrected chi connectivity index (χ3v) is 4.08. The second-order valence-electron chi connectivity index (χ2n) is 5.14. The molecule has 0 radical (unpaired) electrons. The van der Waals surface area contributed by atoms with Crippen molar-refractivity contribution >= 4 is 27.5 Å². The Morgan fingerprint density at radius 3 is 3.00 bits per heavy atom. The fraction of sp³-hybridized carbons (Fsp3) is 0.538. The lowest BCUT2D eigenvalue weighted by molar-refractivity contribution is 0.377. The summed E-state index contributed by atoms with van der Waals surface area (Å²) in [5, 5.41) is 7.92. The highest BCUT2D eigenvalue weighted by Gasteiger charge is 2.17. The maximum Gasteiger partial charge on any atom is 0.245 e. The van der Waals surface area contributed by atoms with Gasteiger partial charge in [-0.3, -0.25) is 0 Å². The van der Waals surface area contributed by atoms with Crippen LogP contribution in [0.15, 0.2) is 22.8 Å². The van der Waals surface area contributed by atoms with E-state index in [4.69, 9.17) is 0 Å². The van der Waals surface area contributed by atoms with Crippen molar-refractivity contribution in [1.82, 2.24) is 19.9 Å². The molecule has 19 heavy (non-hydrogen) atoms. The van der Waals surface area contributed by atoms with Crippen LogP contribution in [0, 0.1) is 5.92 Å². The van der Waals surface area contributed by atoms with Gasteiger partial charge in [-0.1, -0.05) is 0 Å². The van der Waals surface area contributed by atoms with E-state index >= 15 is 0 Å². The Balaban J connectivity index is 1.75. The van der Waals surface area contributed by atoms with Gasteiger partial charge in [0.25, 0.3) is 0 Å². The molecule has 1 aliphatic rings. The van der Waals surface area contributed by atoms with Gasteiger partial charge in [-0.2, -0.15) is 4.98 Å². The zero-order chi connectivity index (χ0) is 13.2. The Bertz CT molecular complexity index is 561. The minimum atomic E-state index is 0.740. The van der Waals surface area contributed by atoms with Crippen molar-refractivity contribution in [2.24, 2.45) is 5.92 Å². The summed E-state index contributed by atoms with van der Waals surface area (Å²) in [5.74, 6) is 1.54. The maximum atomic E-state index is 4.56. The summed E-state index contributed by atoms with van der Waals surface area (Å²) >= 11 is 3.45. The molecule has 0 unspecified atom stereocenters. The summed E-state index contributed by atoms with van der Waals surface area (Å²) in [6.07, 6.45) is 4.41. The molecular weight excluding hydrogens is 306 g/mol. The van der Waals surface area contributed by atoms with Crippen LogP contribution in [0.2, 0.25) is 0 Å². The minimum absolute atomic E-state index is 0.740. The lowest BCUT2D eigenvalue weighted by atomic mass is 9.98. The predicted molar refractivity (Wildman–Crippen MR) is 79.6 cm³/mol. The number of nitrogens with zero attached hydrogens (tertiary/aromatic N) is 4. The molecule has 1 N–H and O–H groups in total. The van der Waals surface area contributed by atoms with Crippen molar-refractivity contribution in [3.05, 3.63) is 22.8 Å². The molecule has 0 aromatic carbocycles. The van der Waals surface area contributed by atoms with E-state index in [1.54, 1.807) is 0 Å². The average molecular weight is 324 g/mol. The van der Waals surface area contributed by atoms with Crippen LogP contribution in [0.5, 0.6) is 0 Å². The van der Waals surface area contributed by atoms with E-state index in [2.05, 4.69) is 43.3 Å². The first-order valence-corrected chi connectivity index (χ1v) is 7.45. The number of anilines is 1. The zero-order valence-electron chi connectivity index (χ0n) is 11.0. The molecule has 1 saturated heterocycles. The van der Waals surface area contributed by atoms with Crippen LogP contribution in [0.3, 0.4) is 0 Å². The van der Waals surface area contributed by atoms with E-state index in [0.717, 1.165) is 41.6 Å². The number of aromatic nitrogens is 3. The maximum absolute atomic E-state index is 4.56. The van der Waals surface area contributed by atoms with E-state index in [0.29, 0.717) is 0 Å². The topological polar surface area (TPSA) is 45.5 Å². The molecule has 5 nitrogen and oxygen atoms in total. The second-order valence-corrected chi connectivity index (χ2v) is 6.05. The highest BCUT2D eigenvalue weighted by atomic mass is 79.9. The van der Waals surface area contributed by atoms with Crippen molar-refractivity contribution in [3.63, 3.8) is 0 Å². The predicted octanol–water partition coefficient (Wildman–Crippen LogP) is 1.93. The molecule has 0 bridgehead atoms. The number of piperidine rings is 1. The lowest BCUT2D eigenvalue weighted by Gasteiger charge is -2.26. The van der Waals surface area contributed by atoms with Crippen LogP contribution >= 0.6 is 15.9 Å². The third-order valence-electron chi connectivity index (χ3n) is 3.62. The third kappa shape index (κ3) is 2.90. The second kappa shape index (κ2) is 5.46. The SMILES string of the molecule is CN(CC1CCNCC1)c1nc2ccc(Br)cn2n1. The minimum Gasteiger partial charge on any atom is -0.342 e. The van der Waals surface area contributed by atoms with E-state index in [9.17, 15) is 0 Å². The molecule has 3 rings (SSSR count). The molecule has 3 heterocycles. The number of rotatable bonds is 3. The number of halogens is 1. The highest BCUT2D eigenvalue weighted by Crippen LogP contribution is 2.17. The molecule has 1 aliphatic heterocycles. The van der Waals surface area contributed by atoms with Gasteiger partial charge >= 0.3 is 0 Å². The molecule has 1 fully saturated rings. The summed E-state index contributed by atoms with van der Waals surface area (Å²) in [6.45, 7) is 3.29. The Kier molecular flexibility index (Phi) is 3.70. The Labute approximate surface area is 121 Å². The molecule has 102 valence electrons. The van der Waals surface area contributed by atoms with Gasteiger partial charge in [0.05, 0.1) is 0 Å². The Morgan fingerprint density at radius 1 is 1.42 bits per heavy atom. The van der Waals surface area contributed by atoms with Gasteiger partial charge in [-0.25, -0.2) is 4.52 Å². The van der Waals surface area contributed by atoms with Crippen LogP contribution < -0.4 is 10.2 Å². The standard InChI is InChI=1S/C13H18BrN5/c1-18(8-10-4-6-15-7-5-10)13-16-12-3-2-11(14)9-19(12)17-13/h2-3,9-10,15H,4-8H2,1H3. The summed E-state index contributed by atoms with van der Waals surface area (Å²) in [6, 6.07) is 3.96. The zero-order valence-corrected chi connectivity index (χ0v) is 12.6. The van der Waals surface area contributed by atoms with Gasteiger partial charge in [-0.15, -0.1) is 5.10 Å². The summed E-state index contributed by atoms with van der Waals surface area (Å²) < 4.78 is 2.83. The van der Waals surface area contributed by atoms with Gasteiger partial charge < -0.3 is 10.2 Å². The molecule has 0 spiro atoms. The van der Waals surface area contributed by atoms with Crippen molar-refractivity contribution < 1.29 is 0 Å². The van der Waals surface area contributed by atoms with E-state index in [-0.39, 0.29) is 0 Å². The fourth-order valence-electron chi connectivity index (χ4n) is 2.54. The van der Waals surface area contributed by atoms with Gasteiger partial charge in [-0.05, 0) is 59.9 Å². The molecular formula is C13H18BrN5. The quantitative estimate of drug-likeness (QED) is 0.937. The van der Waals surface area contributed by atoms with Crippen molar-refractivity contribution in [1.29, 1.82) is 0 Å². The number of pyridine rings is 1. The molecule has 2 aromatic heterocycles. The first kappa shape index (κ1) is 12.9. The van der Waals surface area contributed by atoms with Crippen LogP contribution in [0.4, 0.5) is 5.95 Å². The molecule has 0 atom stereocenters. The van der Waals surface area contributed by atoms with Gasteiger partial charge in [0.2, 0.25) is 5.95 Å². The lowest BCUT2D eigenvalue weighted by Crippen LogP contribution is -2.34. The van der Waals surface area contributed by atoms with Crippen molar-refractivity contribution in [3.8, 4) is 0 Å². The van der Waals surface area contributed by atoms with Crippen molar-refractivity contribution in [2.45, 2.75) is 12.8 Å². The molecule has 6 heteroatoms. The van der Waals surface area contributed by atoms with Gasteiger partial charge in [0.15, 0.2) is 5.65 Å². The molecule has 0 aliphatic carbocycles. The summed E-state index contributed by atoms with van der Waals surface area (Å²) in [7, 11) is 2.08. The largest absolute Gasteiger partial charge is 0.342 e. The number of nitrogens with one attached hydrogen (secondary N) is 1. The summed E-state index contributed by atoms with van der Waals surface area (Å²) in [4.78, 5) is 6.72. The number of hydrogen-bond acceptors (Lipinski definition) is 4. The van der Waals surface area contributed by atoms with Gasteiger partial charge in [0, 0.05) is 24.3 Å². The van der Waals surface area contributed by atoms with E-state index in [1.165, 1.54) is 12.8 Å². The molecule has 2 aromatic rings. The van der Waals surface area contributed by atoms with Crippen LogP contribution in [0.25, 0.3) is 5.65 Å². The monoisotopic (exact) mass is 323 g/mol. The highest BCUT2D eigenvalue weighted by molar-refractivity contribution is 9.10.